The van der Waals surface area contributed by atoms with E-state index < -0.39 is 17.7 Å². The summed E-state index contributed by atoms with van der Waals surface area (Å²) in [6.07, 6.45) is -2.59. The van der Waals surface area contributed by atoms with Crippen LogP contribution in [0.25, 0.3) is 0 Å². The number of carboxylic acid groups (broad SMARTS) is 1. The first-order chi connectivity index (χ1) is 12.6. The van der Waals surface area contributed by atoms with E-state index in [-0.39, 0.29) is 30.5 Å². The quantitative estimate of drug-likeness (QED) is 0.721. The van der Waals surface area contributed by atoms with E-state index >= 15 is 0 Å². The highest BCUT2D eigenvalue weighted by Crippen LogP contribution is 2.29. The van der Waals surface area contributed by atoms with E-state index in [4.69, 9.17) is 5.11 Å². The molecule has 0 heterocycles. The Morgan fingerprint density at radius 1 is 1.26 bits per heavy atom. The number of likely N-dealkylation sites (N-methyl/N-ethyl adjacent to an activating group) is 1. The molecule has 1 amide bonds. The Bertz CT molecular complexity index is 655. The third-order valence-corrected chi connectivity index (χ3v) is 4.99. The molecule has 0 aliphatic heterocycles. The summed E-state index contributed by atoms with van der Waals surface area (Å²) in [5.74, 6) is -1.36. The first kappa shape index (κ1) is 21.2. The van der Waals surface area contributed by atoms with Gasteiger partial charge < -0.3 is 10.4 Å². The third-order valence-electron chi connectivity index (χ3n) is 4.99. The van der Waals surface area contributed by atoms with Crippen molar-refractivity contribution in [2.45, 2.75) is 51.4 Å². The number of nitrogens with zero attached hydrogens (tertiary/aromatic N) is 1. The zero-order chi connectivity index (χ0) is 20.2. The van der Waals surface area contributed by atoms with Crippen molar-refractivity contribution in [1.29, 1.82) is 0 Å². The number of aliphatic carboxylic acids is 1. The zero-order valence-corrected chi connectivity index (χ0v) is 15.4. The van der Waals surface area contributed by atoms with Crippen molar-refractivity contribution < 1.29 is 27.9 Å². The van der Waals surface area contributed by atoms with Crippen LogP contribution in [0, 0.1) is 5.92 Å². The monoisotopic (exact) mass is 386 g/mol. The van der Waals surface area contributed by atoms with E-state index in [0.717, 1.165) is 12.1 Å². The molecule has 1 unspecified atom stereocenters. The van der Waals surface area contributed by atoms with Gasteiger partial charge >= 0.3 is 12.1 Å². The van der Waals surface area contributed by atoms with Crippen LogP contribution in [-0.4, -0.2) is 47.1 Å². The Kier molecular flexibility index (Phi) is 6.86. The molecule has 0 aromatic heterocycles. The summed E-state index contributed by atoms with van der Waals surface area (Å²) >= 11 is 0. The molecule has 0 bridgehead atoms. The van der Waals surface area contributed by atoms with Gasteiger partial charge in [0, 0.05) is 18.0 Å². The fraction of sp³-hybridized carbons (Fsp3) is 0.579. The summed E-state index contributed by atoms with van der Waals surface area (Å²) < 4.78 is 37.7. The van der Waals surface area contributed by atoms with Gasteiger partial charge in [0.05, 0.1) is 12.1 Å². The minimum atomic E-state index is -4.37. The van der Waals surface area contributed by atoms with E-state index in [1.807, 2.05) is 11.8 Å². The van der Waals surface area contributed by atoms with Crippen LogP contribution >= 0.6 is 0 Å². The molecule has 1 aliphatic carbocycles. The maximum atomic E-state index is 12.6. The Balaban J connectivity index is 1.79. The van der Waals surface area contributed by atoms with Gasteiger partial charge in [0.15, 0.2) is 0 Å². The number of carboxylic acids is 1. The SMILES string of the molecule is CCN(CC(=O)O)C1CC(NC(=O)C(C)Cc2ccc(C(F)(F)F)cc2)C1. The topological polar surface area (TPSA) is 69.6 Å². The van der Waals surface area contributed by atoms with E-state index in [1.54, 1.807) is 6.92 Å². The predicted octanol–water partition coefficient (Wildman–Crippen LogP) is 2.94. The highest BCUT2D eigenvalue weighted by atomic mass is 19.4. The van der Waals surface area contributed by atoms with Crippen LogP contribution in [0.3, 0.4) is 0 Å². The molecular weight excluding hydrogens is 361 g/mol. The number of alkyl halides is 3. The first-order valence-corrected chi connectivity index (χ1v) is 9.02. The largest absolute Gasteiger partial charge is 0.480 e. The Hall–Kier alpha value is -2.09. The second-order valence-corrected chi connectivity index (χ2v) is 7.09. The van der Waals surface area contributed by atoms with Crippen LogP contribution in [0.1, 0.15) is 37.8 Å². The number of amides is 1. The van der Waals surface area contributed by atoms with Crippen LogP contribution in [0.2, 0.25) is 0 Å². The number of carbonyl (C=O) groups is 2. The predicted molar refractivity (Wildman–Crippen MR) is 94.1 cm³/mol. The molecule has 2 N–H and O–H groups in total. The van der Waals surface area contributed by atoms with Crippen molar-refractivity contribution in [2.24, 2.45) is 5.92 Å². The van der Waals surface area contributed by atoms with Crippen molar-refractivity contribution in [3.8, 4) is 0 Å². The molecule has 0 saturated heterocycles. The first-order valence-electron chi connectivity index (χ1n) is 9.02. The van der Waals surface area contributed by atoms with Gasteiger partial charge in [0.25, 0.3) is 0 Å². The van der Waals surface area contributed by atoms with Crippen LogP contribution in [0.4, 0.5) is 13.2 Å². The molecule has 150 valence electrons. The number of hydrogen-bond donors (Lipinski definition) is 2. The fourth-order valence-corrected chi connectivity index (χ4v) is 3.30. The van der Waals surface area contributed by atoms with Gasteiger partial charge in [0.1, 0.15) is 0 Å². The van der Waals surface area contributed by atoms with Crippen LogP contribution in [-0.2, 0) is 22.2 Å². The van der Waals surface area contributed by atoms with E-state index in [0.29, 0.717) is 31.4 Å². The third kappa shape index (κ3) is 5.95. The average Bonchev–Trinajstić information content (AvgIpc) is 2.55. The average molecular weight is 386 g/mol. The Labute approximate surface area is 156 Å². The molecule has 1 aliphatic rings. The minimum absolute atomic E-state index is 0.00778. The smallest absolute Gasteiger partial charge is 0.416 e. The number of carbonyl (C=O) groups excluding carboxylic acids is 1. The fourth-order valence-electron chi connectivity index (χ4n) is 3.30. The summed E-state index contributed by atoms with van der Waals surface area (Å²) in [7, 11) is 0. The van der Waals surface area contributed by atoms with Gasteiger partial charge in [-0.3, -0.25) is 14.5 Å². The summed E-state index contributed by atoms with van der Waals surface area (Å²) in [5.41, 5.74) is -0.0264. The van der Waals surface area contributed by atoms with E-state index in [2.05, 4.69) is 5.32 Å². The lowest BCUT2D eigenvalue weighted by Gasteiger charge is -2.42. The van der Waals surface area contributed by atoms with Crippen molar-refractivity contribution in [1.82, 2.24) is 10.2 Å². The van der Waals surface area contributed by atoms with Gasteiger partial charge in [-0.1, -0.05) is 26.0 Å². The minimum Gasteiger partial charge on any atom is -0.480 e. The second kappa shape index (κ2) is 8.73. The highest BCUT2D eigenvalue weighted by Gasteiger charge is 2.35. The van der Waals surface area contributed by atoms with Gasteiger partial charge in [-0.05, 0) is 43.5 Å². The Morgan fingerprint density at radius 3 is 2.33 bits per heavy atom. The number of benzene rings is 1. The lowest BCUT2D eigenvalue weighted by atomic mass is 9.84. The molecule has 2 rings (SSSR count). The molecule has 0 radical (unpaired) electrons. The normalized spacial score (nSPS) is 20.8. The van der Waals surface area contributed by atoms with Gasteiger partial charge in [-0.2, -0.15) is 13.2 Å². The number of hydrogen-bond acceptors (Lipinski definition) is 3. The molecular formula is C19H25F3N2O3. The molecule has 1 aromatic rings. The molecule has 1 atom stereocenters. The van der Waals surface area contributed by atoms with Gasteiger partial charge in [0.2, 0.25) is 5.91 Å². The molecule has 0 spiro atoms. The molecule has 1 fully saturated rings. The van der Waals surface area contributed by atoms with Crippen LogP contribution in [0.5, 0.6) is 0 Å². The van der Waals surface area contributed by atoms with Crippen molar-refractivity contribution in [2.75, 3.05) is 13.1 Å². The lowest BCUT2D eigenvalue weighted by Crippen LogP contribution is -2.55. The summed E-state index contributed by atoms with van der Waals surface area (Å²) in [5, 5.41) is 11.8. The lowest BCUT2D eigenvalue weighted by molar-refractivity contribution is -0.140. The second-order valence-electron chi connectivity index (χ2n) is 7.09. The maximum absolute atomic E-state index is 12.6. The van der Waals surface area contributed by atoms with Crippen LogP contribution in [0.15, 0.2) is 24.3 Å². The highest BCUT2D eigenvalue weighted by molar-refractivity contribution is 5.79. The van der Waals surface area contributed by atoms with Crippen molar-refractivity contribution in [3.05, 3.63) is 35.4 Å². The summed E-state index contributed by atoms with van der Waals surface area (Å²) in [6.45, 7) is 4.28. The molecule has 1 aromatic carbocycles. The summed E-state index contributed by atoms with van der Waals surface area (Å²) in [6, 6.07) is 5.02. The van der Waals surface area contributed by atoms with Gasteiger partial charge in [-0.15, -0.1) is 0 Å². The number of nitrogens with one attached hydrogen (secondary N) is 1. The number of halogens is 3. The maximum Gasteiger partial charge on any atom is 0.416 e. The zero-order valence-electron chi connectivity index (χ0n) is 15.4. The van der Waals surface area contributed by atoms with E-state index in [9.17, 15) is 22.8 Å². The van der Waals surface area contributed by atoms with Crippen molar-refractivity contribution in [3.63, 3.8) is 0 Å². The molecule has 8 heteroatoms. The van der Waals surface area contributed by atoms with Gasteiger partial charge in [-0.25, -0.2) is 0 Å². The van der Waals surface area contributed by atoms with Crippen molar-refractivity contribution >= 4 is 11.9 Å². The molecule has 5 nitrogen and oxygen atoms in total. The summed E-state index contributed by atoms with van der Waals surface area (Å²) in [4.78, 5) is 25.0. The molecule has 1 saturated carbocycles. The number of rotatable bonds is 8. The standard InChI is InChI=1S/C19H25F3N2O3/c1-3-24(11-17(25)26)16-9-15(10-16)23-18(27)12(2)8-13-4-6-14(7-5-13)19(20,21)22/h4-7,12,15-16H,3,8-11H2,1-2H3,(H,23,27)(H,25,26). The van der Waals surface area contributed by atoms with Crippen LogP contribution < -0.4 is 5.32 Å². The molecule has 27 heavy (non-hydrogen) atoms. The van der Waals surface area contributed by atoms with E-state index in [1.165, 1.54) is 12.1 Å². The Morgan fingerprint density at radius 2 is 1.85 bits per heavy atom.